The summed E-state index contributed by atoms with van der Waals surface area (Å²) in [5.74, 6) is -0.736. The average molecular weight is 299 g/mol. The molecule has 0 aromatic carbocycles. The van der Waals surface area contributed by atoms with Crippen molar-refractivity contribution in [1.82, 2.24) is 4.57 Å². The van der Waals surface area contributed by atoms with E-state index in [0.29, 0.717) is 12.2 Å². The van der Waals surface area contributed by atoms with E-state index in [-0.39, 0.29) is 37.9 Å². The van der Waals surface area contributed by atoms with Gasteiger partial charge >= 0.3 is 0 Å². The highest BCUT2D eigenvalue weighted by atomic mass is 32.0. The van der Waals surface area contributed by atoms with Crippen LogP contribution in [0.4, 0.5) is 11.4 Å². The zero-order valence-electron chi connectivity index (χ0n) is 10.5. The van der Waals surface area contributed by atoms with E-state index >= 15 is 0 Å². The molecule has 0 saturated carbocycles. The Balaban J connectivity index is 2.62. The van der Waals surface area contributed by atoms with Gasteiger partial charge in [0, 0.05) is 21.2 Å². The molecule has 1 aliphatic heterocycles. The van der Waals surface area contributed by atoms with Gasteiger partial charge in [0.15, 0.2) is 0 Å². The van der Waals surface area contributed by atoms with Crippen LogP contribution in [0.3, 0.4) is 0 Å². The molecule has 0 bridgehead atoms. The minimum absolute atomic E-state index is 0.0293. The van der Waals surface area contributed by atoms with Crippen LogP contribution in [-0.4, -0.2) is 16.4 Å². The Morgan fingerprint density at radius 2 is 2.16 bits per heavy atom. The van der Waals surface area contributed by atoms with Gasteiger partial charge in [-0.3, -0.25) is 19.1 Å². The molecule has 0 aliphatic carbocycles. The van der Waals surface area contributed by atoms with Crippen LogP contribution in [0, 0.1) is 0 Å². The average Bonchev–Trinajstić information content (AvgIpc) is 2.48. The molecule has 102 valence electrons. The summed E-state index contributed by atoms with van der Waals surface area (Å²) in [7, 11) is 2.47. The third-order valence-corrected chi connectivity index (χ3v) is 4.30. The van der Waals surface area contributed by atoms with Crippen molar-refractivity contribution in [2.45, 2.75) is 26.3 Å². The third-order valence-electron chi connectivity index (χ3n) is 2.79. The van der Waals surface area contributed by atoms with Gasteiger partial charge in [-0.15, -0.1) is 0 Å². The van der Waals surface area contributed by atoms with E-state index in [0.717, 1.165) is 6.42 Å². The van der Waals surface area contributed by atoms with Crippen molar-refractivity contribution in [3.63, 3.8) is 0 Å². The molecule has 1 aliphatic rings. The number of amides is 2. The predicted molar refractivity (Wildman–Crippen MR) is 79.8 cm³/mol. The van der Waals surface area contributed by atoms with Crippen LogP contribution in [0.2, 0.25) is 0 Å². The van der Waals surface area contributed by atoms with Crippen molar-refractivity contribution in [3.05, 3.63) is 22.6 Å². The Morgan fingerprint density at radius 3 is 2.79 bits per heavy atom. The van der Waals surface area contributed by atoms with Crippen molar-refractivity contribution in [2.24, 2.45) is 0 Å². The molecule has 0 spiro atoms. The van der Waals surface area contributed by atoms with Crippen LogP contribution in [0.15, 0.2) is 17.1 Å². The Labute approximate surface area is 114 Å². The second kappa shape index (κ2) is 5.81. The quantitative estimate of drug-likeness (QED) is 0.676. The topological polar surface area (TPSA) is 71.4 Å². The number of nitrogens with zero attached hydrogens (tertiary/aromatic N) is 2. The number of nitrogens with one attached hydrogen (secondary N) is 1. The summed E-state index contributed by atoms with van der Waals surface area (Å²) < 4.78 is 2.92. The van der Waals surface area contributed by atoms with Crippen LogP contribution in [0.1, 0.15) is 19.8 Å². The lowest BCUT2D eigenvalue weighted by molar-refractivity contribution is -0.124. The number of hydrogen-bond acceptors (Lipinski definition) is 3. The first-order valence-electron chi connectivity index (χ1n) is 5.91. The summed E-state index contributed by atoms with van der Waals surface area (Å²) in [6.07, 6.45) is 2.23. The van der Waals surface area contributed by atoms with Crippen LogP contribution in [-0.2, 0) is 16.1 Å². The van der Waals surface area contributed by atoms with Crippen molar-refractivity contribution in [1.29, 1.82) is 0 Å². The molecule has 0 saturated heterocycles. The summed E-state index contributed by atoms with van der Waals surface area (Å²) in [6, 6.07) is 1.67. The van der Waals surface area contributed by atoms with E-state index in [2.05, 4.69) is 14.2 Å². The van der Waals surface area contributed by atoms with E-state index in [4.69, 9.17) is 0 Å². The number of fused-ring (bicyclic) bond motifs is 1. The summed E-state index contributed by atoms with van der Waals surface area (Å²) in [5.41, 5.74) is 0.424. The zero-order chi connectivity index (χ0) is 14.0. The maximum absolute atomic E-state index is 12.4. The van der Waals surface area contributed by atoms with Gasteiger partial charge in [0.1, 0.15) is 12.1 Å². The second-order valence-electron chi connectivity index (χ2n) is 4.16. The van der Waals surface area contributed by atoms with Gasteiger partial charge in [-0.1, -0.05) is 15.9 Å². The van der Waals surface area contributed by atoms with Gasteiger partial charge in [0.25, 0.3) is 5.56 Å². The molecular weight excluding hydrogens is 284 g/mol. The molecule has 19 heavy (non-hydrogen) atoms. The molecule has 1 aromatic rings. The standard InChI is InChI=1S/C11H15N3O3P2/c1-2-4-13-5-3-7-10(11(13)17)14(19-18)9(16)6-8(15)12-7/h3,5,19H,2,4,6,18H2,1H3,(H,12,15). The number of hydrogen-bond donors (Lipinski definition) is 1. The molecule has 0 radical (unpaired) electrons. The van der Waals surface area contributed by atoms with Crippen molar-refractivity contribution in [2.75, 3.05) is 9.99 Å². The SMILES string of the molecule is CCCn1ccc2c(c1=O)N(PP)C(=O)CC(=O)N2. The van der Waals surface area contributed by atoms with E-state index in [9.17, 15) is 14.4 Å². The number of rotatable bonds is 3. The first-order valence-corrected chi connectivity index (χ1v) is 8.66. The van der Waals surface area contributed by atoms with Crippen LogP contribution < -0.4 is 15.5 Å². The molecular formula is C11H15N3O3P2. The zero-order valence-corrected chi connectivity index (χ0v) is 12.6. The summed E-state index contributed by atoms with van der Waals surface area (Å²) in [6.45, 7) is 2.56. The maximum Gasteiger partial charge on any atom is 0.276 e. The van der Waals surface area contributed by atoms with Crippen molar-refractivity contribution >= 4 is 40.5 Å². The molecule has 8 heteroatoms. The lowest BCUT2D eigenvalue weighted by Crippen LogP contribution is -2.30. The minimum atomic E-state index is -0.385. The maximum atomic E-state index is 12.4. The van der Waals surface area contributed by atoms with Crippen molar-refractivity contribution in [3.8, 4) is 0 Å². The Hall–Kier alpha value is -1.25. The smallest absolute Gasteiger partial charge is 0.276 e. The van der Waals surface area contributed by atoms with E-state index in [1.54, 1.807) is 16.8 Å². The second-order valence-corrected chi connectivity index (χ2v) is 5.64. The summed E-state index contributed by atoms with van der Waals surface area (Å²) >= 11 is 0. The number of aromatic nitrogens is 1. The fraction of sp³-hybridized carbons (Fsp3) is 0.364. The molecule has 6 nitrogen and oxygen atoms in total. The van der Waals surface area contributed by atoms with E-state index < -0.39 is 0 Å². The Bertz CT molecular complexity index is 585. The molecule has 1 aromatic heterocycles. The largest absolute Gasteiger partial charge is 0.324 e. The van der Waals surface area contributed by atoms with Crippen LogP contribution >= 0.6 is 17.3 Å². The Morgan fingerprint density at radius 1 is 1.42 bits per heavy atom. The fourth-order valence-electron chi connectivity index (χ4n) is 1.97. The lowest BCUT2D eigenvalue weighted by Gasteiger charge is -2.20. The van der Waals surface area contributed by atoms with Gasteiger partial charge in [0.2, 0.25) is 11.8 Å². The molecule has 1 N–H and O–H groups in total. The predicted octanol–water partition coefficient (Wildman–Crippen LogP) is 1.32. The molecule has 2 rings (SSSR count). The summed E-state index contributed by atoms with van der Waals surface area (Å²) in [4.78, 5) is 35.9. The highest BCUT2D eigenvalue weighted by Gasteiger charge is 2.28. The van der Waals surface area contributed by atoms with Gasteiger partial charge in [-0.25, -0.2) is 0 Å². The van der Waals surface area contributed by atoms with Crippen LogP contribution in [0.25, 0.3) is 0 Å². The van der Waals surface area contributed by atoms with Gasteiger partial charge in [0.05, 0.1) is 5.69 Å². The van der Waals surface area contributed by atoms with E-state index in [1.165, 1.54) is 4.67 Å². The number of carbonyl (C=O) groups excluding carboxylic acids is 2. The van der Waals surface area contributed by atoms with Gasteiger partial charge < -0.3 is 9.88 Å². The minimum Gasteiger partial charge on any atom is -0.324 e. The van der Waals surface area contributed by atoms with Crippen molar-refractivity contribution < 1.29 is 9.59 Å². The first-order chi connectivity index (χ1) is 9.08. The molecule has 2 atom stereocenters. The van der Waals surface area contributed by atoms with Gasteiger partial charge in [-0.2, -0.15) is 0 Å². The summed E-state index contributed by atoms with van der Waals surface area (Å²) in [5, 5.41) is 2.61. The molecule has 2 heterocycles. The normalized spacial score (nSPS) is 15.6. The number of aryl methyl sites for hydroxylation is 1. The molecule has 0 fully saturated rings. The van der Waals surface area contributed by atoms with E-state index in [1.807, 2.05) is 6.92 Å². The molecule has 2 unspecified atom stereocenters. The third kappa shape index (κ3) is 2.70. The van der Waals surface area contributed by atoms with Crippen LogP contribution in [0.5, 0.6) is 0 Å². The highest BCUT2D eigenvalue weighted by molar-refractivity contribution is 8.04. The number of anilines is 2. The number of pyridine rings is 1. The molecule has 2 amide bonds. The fourth-order valence-corrected chi connectivity index (χ4v) is 3.36. The first kappa shape index (κ1) is 14.2. The highest BCUT2D eigenvalue weighted by Crippen LogP contribution is 2.37. The Kier molecular flexibility index (Phi) is 4.33. The lowest BCUT2D eigenvalue weighted by atomic mass is 10.3. The number of carbonyl (C=O) groups is 2. The monoisotopic (exact) mass is 299 g/mol. The van der Waals surface area contributed by atoms with Gasteiger partial charge in [-0.05, 0) is 12.5 Å².